The van der Waals surface area contributed by atoms with E-state index in [4.69, 9.17) is 27.9 Å². The van der Waals surface area contributed by atoms with Crippen LogP contribution in [-0.4, -0.2) is 43.0 Å². The average molecular weight is 359 g/mol. The Bertz CT molecular complexity index is 580. The van der Waals surface area contributed by atoms with Gasteiger partial charge in [0.1, 0.15) is 5.75 Å². The highest BCUT2D eigenvalue weighted by atomic mass is 35.5. The van der Waals surface area contributed by atoms with Gasteiger partial charge in [-0.3, -0.25) is 9.59 Å². The molecule has 1 N–H and O–H groups in total. The number of ether oxygens (including phenoxy) is 1. The topological polar surface area (TPSA) is 58.6 Å². The molecule has 1 unspecified atom stereocenters. The zero-order valence-electron chi connectivity index (χ0n) is 13.0. The van der Waals surface area contributed by atoms with E-state index in [-0.39, 0.29) is 17.9 Å². The Hall–Kier alpha value is -1.46. The third-order valence-corrected chi connectivity index (χ3v) is 4.22. The summed E-state index contributed by atoms with van der Waals surface area (Å²) in [5, 5.41) is 3.96. The number of hydrogen-bond donors (Lipinski definition) is 1. The van der Waals surface area contributed by atoms with Crippen LogP contribution in [-0.2, 0) is 9.59 Å². The fourth-order valence-electron chi connectivity index (χ4n) is 2.44. The standard InChI is InChI=1S/C16H20Cl2N2O3/c1-20-10-12(5-7-16(20)22)19-15(21)3-2-8-23-14-6-4-11(17)9-13(14)18/h4,6,9,12H,2-3,5,7-8,10H2,1H3,(H,19,21). The van der Waals surface area contributed by atoms with Crippen LogP contribution >= 0.6 is 23.2 Å². The summed E-state index contributed by atoms with van der Waals surface area (Å²) in [5.41, 5.74) is 0. The van der Waals surface area contributed by atoms with E-state index in [2.05, 4.69) is 5.32 Å². The van der Waals surface area contributed by atoms with Gasteiger partial charge in [-0.05, 0) is 31.0 Å². The molecule has 0 bridgehead atoms. The van der Waals surface area contributed by atoms with Crippen LogP contribution in [0.1, 0.15) is 25.7 Å². The third kappa shape index (κ3) is 5.59. The summed E-state index contributed by atoms with van der Waals surface area (Å²) in [6.45, 7) is 0.972. The second-order valence-corrected chi connectivity index (χ2v) is 6.45. The lowest BCUT2D eigenvalue weighted by molar-refractivity contribution is -0.134. The number of benzene rings is 1. The zero-order chi connectivity index (χ0) is 16.8. The average Bonchev–Trinajstić information content (AvgIpc) is 2.49. The summed E-state index contributed by atoms with van der Waals surface area (Å²) >= 11 is 11.8. The molecule has 0 saturated carbocycles. The Labute approximate surface area is 145 Å². The molecule has 1 atom stereocenters. The molecule has 1 aromatic carbocycles. The molecule has 126 valence electrons. The Morgan fingerprint density at radius 2 is 2.22 bits per heavy atom. The van der Waals surface area contributed by atoms with Gasteiger partial charge in [-0.2, -0.15) is 0 Å². The van der Waals surface area contributed by atoms with Gasteiger partial charge < -0.3 is 15.0 Å². The molecule has 23 heavy (non-hydrogen) atoms. The molecule has 2 rings (SSSR count). The van der Waals surface area contributed by atoms with Crippen LogP contribution in [0.2, 0.25) is 10.0 Å². The molecule has 1 fully saturated rings. The fraction of sp³-hybridized carbons (Fsp3) is 0.500. The second-order valence-electron chi connectivity index (χ2n) is 5.60. The molecule has 7 heteroatoms. The summed E-state index contributed by atoms with van der Waals surface area (Å²) in [5.74, 6) is 0.663. The molecule has 0 aliphatic carbocycles. The van der Waals surface area contributed by atoms with Gasteiger partial charge in [-0.15, -0.1) is 0 Å². The van der Waals surface area contributed by atoms with Gasteiger partial charge in [-0.1, -0.05) is 23.2 Å². The summed E-state index contributed by atoms with van der Waals surface area (Å²) in [6, 6.07) is 5.07. The molecule has 0 radical (unpaired) electrons. The van der Waals surface area contributed by atoms with Crippen LogP contribution < -0.4 is 10.1 Å². The third-order valence-electron chi connectivity index (χ3n) is 3.69. The van der Waals surface area contributed by atoms with Crippen LogP contribution in [0.3, 0.4) is 0 Å². The van der Waals surface area contributed by atoms with Crippen molar-refractivity contribution in [2.45, 2.75) is 31.7 Å². The highest BCUT2D eigenvalue weighted by Crippen LogP contribution is 2.27. The number of carbonyl (C=O) groups excluding carboxylic acids is 2. The monoisotopic (exact) mass is 358 g/mol. The van der Waals surface area contributed by atoms with Gasteiger partial charge in [0.2, 0.25) is 11.8 Å². The number of piperidine rings is 1. The summed E-state index contributed by atoms with van der Waals surface area (Å²) in [6.07, 6.45) is 2.15. The van der Waals surface area contributed by atoms with Gasteiger partial charge in [0.15, 0.2) is 0 Å². The summed E-state index contributed by atoms with van der Waals surface area (Å²) < 4.78 is 5.54. The van der Waals surface area contributed by atoms with Gasteiger partial charge in [-0.25, -0.2) is 0 Å². The normalized spacial score (nSPS) is 18.0. The molecule has 2 amide bonds. The first-order valence-electron chi connectivity index (χ1n) is 7.57. The van der Waals surface area contributed by atoms with Gasteiger partial charge in [0.25, 0.3) is 0 Å². The SMILES string of the molecule is CN1CC(NC(=O)CCCOc2ccc(Cl)cc2Cl)CCC1=O. The number of carbonyl (C=O) groups is 2. The van der Waals surface area contributed by atoms with Crippen LogP contribution in [0, 0.1) is 0 Å². The Kier molecular flexibility index (Phi) is 6.54. The maximum absolute atomic E-state index is 11.9. The minimum atomic E-state index is -0.0245. The number of hydrogen-bond acceptors (Lipinski definition) is 3. The zero-order valence-corrected chi connectivity index (χ0v) is 14.5. The van der Waals surface area contributed by atoms with E-state index in [0.29, 0.717) is 54.6 Å². The summed E-state index contributed by atoms with van der Waals surface area (Å²) in [4.78, 5) is 25.0. The Balaban J connectivity index is 1.66. The lowest BCUT2D eigenvalue weighted by Crippen LogP contribution is -2.48. The molecule has 1 aliphatic rings. The van der Waals surface area contributed by atoms with Crippen molar-refractivity contribution in [3.8, 4) is 5.75 Å². The van der Waals surface area contributed by atoms with E-state index < -0.39 is 0 Å². The Morgan fingerprint density at radius 1 is 1.43 bits per heavy atom. The molecule has 5 nitrogen and oxygen atoms in total. The fourth-order valence-corrected chi connectivity index (χ4v) is 2.90. The van der Waals surface area contributed by atoms with Crippen molar-refractivity contribution in [3.63, 3.8) is 0 Å². The van der Waals surface area contributed by atoms with Crippen LogP contribution in [0.4, 0.5) is 0 Å². The minimum absolute atomic E-state index is 0.0245. The van der Waals surface area contributed by atoms with E-state index in [1.807, 2.05) is 0 Å². The van der Waals surface area contributed by atoms with Gasteiger partial charge in [0.05, 0.1) is 11.6 Å². The van der Waals surface area contributed by atoms with Crippen molar-refractivity contribution in [2.24, 2.45) is 0 Å². The highest BCUT2D eigenvalue weighted by molar-refractivity contribution is 6.35. The molecule has 1 heterocycles. The first-order valence-corrected chi connectivity index (χ1v) is 8.32. The predicted octanol–water partition coefficient (Wildman–Crippen LogP) is 2.89. The quantitative estimate of drug-likeness (QED) is 0.795. The first-order chi connectivity index (χ1) is 11.0. The molecule has 0 spiro atoms. The van der Waals surface area contributed by atoms with Crippen LogP contribution in [0.5, 0.6) is 5.75 Å². The maximum atomic E-state index is 11.9. The molecule has 1 aliphatic heterocycles. The molecule has 1 saturated heterocycles. The van der Waals surface area contributed by atoms with E-state index >= 15 is 0 Å². The number of amides is 2. The van der Waals surface area contributed by atoms with Crippen molar-refractivity contribution in [1.82, 2.24) is 10.2 Å². The van der Waals surface area contributed by atoms with Crippen molar-refractivity contribution in [3.05, 3.63) is 28.2 Å². The number of nitrogens with zero attached hydrogens (tertiary/aromatic N) is 1. The summed E-state index contributed by atoms with van der Waals surface area (Å²) in [7, 11) is 1.75. The van der Waals surface area contributed by atoms with Crippen molar-refractivity contribution in [1.29, 1.82) is 0 Å². The molecule has 1 aromatic rings. The van der Waals surface area contributed by atoms with Crippen molar-refractivity contribution < 1.29 is 14.3 Å². The lowest BCUT2D eigenvalue weighted by Gasteiger charge is -2.30. The molecule has 0 aromatic heterocycles. The number of likely N-dealkylation sites (N-methyl/N-ethyl adjacent to an activating group) is 1. The van der Waals surface area contributed by atoms with Gasteiger partial charge >= 0.3 is 0 Å². The van der Waals surface area contributed by atoms with Crippen molar-refractivity contribution >= 4 is 35.0 Å². The highest BCUT2D eigenvalue weighted by Gasteiger charge is 2.23. The smallest absolute Gasteiger partial charge is 0.222 e. The number of rotatable bonds is 6. The minimum Gasteiger partial charge on any atom is -0.492 e. The lowest BCUT2D eigenvalue weighted by atomic mass is 10.1. The van der Waals surface area contributed by atoms with Crippen molar-refractivity contribution in [2.75, 3.05) is 20.2 Å². The Morgan fingerprint density at radius 3 is 2.91 bits per heavy atom. The van der Waals surface area contributed by atoms with Crippen LogP contribution in [0.25, 0.3) is 0 Å². The van der Waals surface area contributed by atoms with Crippen LogP contribution in [0.15, 0.2) is 18.2 Å². The van der Waals surface area contributed by atoms with E-state index in [1.54, 1.807) is 30.1 Å². The van der Waals surface area contributed by atoms with E-state index in [9.17, 15) is 9.59 Å². The number of likely N-dealkylation sites (tertiary alicyclic amines) is 1. The number of nitrogens with one attached hydrogen (secondary N) is 1. The first kappa shape index (κ1) is 17.9. The molecular weight excluding hydrogens is 339 g/mol. The largest absolute Gasteiger partial charge is 0.492 e. The van der Waals surface area contributed by atoms with E-state index in [0.717, 1.165) is 0 Å². The van der Waals surface area contributed by atoms with Gasteiger partial charge in [0, 0.05) is 37.5 Å². The maximum Gasteiger partial charge on any atom is 0.222 e. The predicted molar refractivity (Wildman–Crippen MR) is 90.0 cm³/mol. The van der Waals surface area contributed by atoms with E-state index in [1.165, 1.54) is 0 Å². The molecular formula is C16H20Cl2N2O3. The number of halogens is 2. The second kappa shape index (κ2) is 8.41.